The van der Waals surface area contributed by atoms with Gasteiger partial charge < -0.3 is 14.6 Å². The van der Waals surface area contributed by atoms with Gasteiger partial charge in [0, 0.05) is 17.4 Å². The Morgan fingerprint density at radius 1 is 1.10 bits per heavy atom. The summed E-state index contributed by atoms with van der Waals surface area (Å²) in [5, 5.41) is 11.0. The topological polar surface area (TPSA) is 95.5 Å². The van der Waals surface area contributed by atoms with Gasteiger partial charge in [-0.25, -0.2) is 13.1 Å². The maximum absolute atomic E-state index is 12.4. The second kappa shape index (κ2) is 11.9. The van der Waals surface area contributed by atoms with Gasteiger partial charge >= 0.3 is 29.6 Å². The number of carbonyl (C=O) groups excluding carboxylic acids is 1. The molecule has 0 radical (unpaired) electrons. The van der Waals surface area contributed by atoms with Gasteiger partial charge in [-0.3, -0.25) is 0 Å². The molecule has 0 aliphatic rings. The van der Waals surface area contributed by atoms with Gasteiger partial charge in [-0.2, -0.15) is 0 Å². The molecule has 0 aliphatic heterocycles. The Morgan fingerprint density at radius 2 is 1.70 bits per heavy atom. The average Bonchev–Trinajstić information content (AvgIpc) is 2.66. The van der Waals surface area contributed by atoms with Crippen molar-refractivity contribution in [3.63, 3.8) is 0 Å². The van der Waals surface area contributed by atoms with E-state index in [2.05, 4.69) is 4.72 Å². The number of sulfonamides is 1. The number of hydrogen-bond donors (Lipinski definition) is 1. The first-order valence-electron chi connectivity index (χ1n) is 9.61. The maximum atomic E-state index is 12.4. The van der Waals surface area contributed by atoms with E-state index in [0.717, 1.165) is 5.56 Å². The zero-order chi connectivity index (χ0) is 21.5. The second-order valence-corrected chi connectivity index (χ2v) is 9.52. The minimum absolute atomic E-state index is 0. The standard InChI is InChI=1S/C22H29NO5S.Na/c1-17(23-29(26,27)20-8-5-4-6-9-20)16-18-10-12-19(13-11-18)28-15-7-14-22(2,3)21(24)25;/h4-6,8-13,17,23H,7,14-16H2,1-3H3,(H,24,25);/q;+1/p-1/t17-;/m0./s1. The summed E-state index contributed by atoms with van der Waals surface area (Å²) in [4.78, 5) is 11.2. The summed E-state index contributed by atoms with van der Waals surface area (Å²) in [6.45, 7) is 5.53. The van der Waals surface area contributed by atoms with Crippen LogP contribution in [-0.2, 0) is 21.2 Å². The molecule has 1 atom stereocenters. The summed E-state index contributed by atoms with van der Waals surface area (Å²) in [5.41, 5.74) is 0.120. The minimum Gasteiger partial charge on any atom is -0.550 e. The fourth-order valence-electron chi connectivity index (χ4n) is 2.86. The molecule has 1 N–H and O–H groups in total. The van der Waals surface area contributed by atoms with E-state index in [1.807, 2.05) is 31.2 Å². The number of carboxylic acid groups (broad SMARTS) is 1. The van der Waals surface area contributed by atoms with E-state index < -0.39 is 21.4 Å². The van der Waals surface area contributed by atoms with E-state index in [1.54, 1.807) is 44.2 Å². The fourth-order valence-corrected chi connectivity index (χ4v) is 4.12. The Morgan fingerprint density at radius 3 is 2.27 bits per heavy atom. The van der Waals surface area contributed by atoms with Gasteiger partial charge in [0.05, 0.1) is 11.5 Å². The SMILES string of the molecule is C[C@@H](Cc1ccc(OCCCC(C)(C)C(=O)[O-])cc1)NS(=O)(=O)c1ccccc1.[Na+]. The van der Waals surface area contributed by atoms with Gasteiger partial charge in [0.25, 0.3) is 0 Å². The number of hydrogen-bond acceptors (Lipinski definition) is 5. The predicted octanol–water partition coefficient (Wildman–Crippen LogP) is -0.465. The molecule has 158 valence electrons. The third-order valence-corrected chi connectivity index (χ3v) is 6.25. The Balaban J connectivity index is 0.00000450. The van der Waals surface area contributed by atoms with Gasteiger partial charge in [-0.15, -0.1) is 0 Å². The fraction of sp³-hybridized carbons (Fsp3) is 0.409. The van der Waals surface area contributed by atoms with Crippen LogP contribution in [0.2, 0.25) is 0 Å². The number of carboxylic acids is 1. The van der Waals surface area contributed by atoms with Gasteiger partial charge in [0.2, 0.25) is 10.0 Å². The first-order chi connectivity index (χ1) is 13.6. The van der Waals surface area contributed by atoms with Gasteiger partial charge in [-0.05, 0) is 56.0 Å². The maximum Gasteiger partial charge on any atom is 1.00 e. The Labute approximate surface area is 201 Å². The number of benzene rings is 2. The Hall–Kier alpha value is -1.38. The van der Waals surface area contributed by atoms with Crippen LogP contribution in [0.3, 0.4) is 0 Å². The van der Waals surface area contributed by atoms with E-state index in [1.165, 1.54) is 0 Å². The molecule has 8 heteroatoms. The number of carbonyl (C=O) groups is 1. The first kappa shape index (κ1) is 26.7. The van der Waals surface area contributed by atoms with Crippen molar-refractivity contribution < 1.29 is 52.6 Å². The zero-order valence-corrected chi connectivity index (χ0v) is 20.9. The monoisotopic (exact) mass is 441 g/mol. The molecule has 2 aromatic rings. The normalized spacial score (nSPS) is 12.6. The Bertz CT molecular complexity index is 899. The molecule has 0 spiro atoms. The summed E-state index contributed by atoms with van der Waals surface area (Å²) in [5.74, 6) is -0.364. The van der Waals surface area contributed by atoms with Crippen LogP contribution in [0.4, 0.5) is 0 Å². The van der Waals surface area contributed by atoms with E-state index >= 15 is 0 Å². The van der Waals surface area contributed by atoms with Crippen LogP contribution in [-0.4, -0.2) is 27.0 Å². The quantitative estimate of drug-likeness (QED) is 0.376. The van der Waals surface area contributed by atoms with Gasteiger partial charge in [0.1, 0.15) is 5.75 Å². The van der Waals surface area contributed by atoms with Crippen LogP contribution in [0.5, 0.6) is 5.75 Å². The molecule has 0 aliphatic carbocycles. The van der Waals surface area contributed by atoms with Crippen LogP contribution in [0.1, 0.15) is 39.2 Å². The summed E-state index contributed by atoms with van der Waals surface area (Å²) in [6.07, 6.45) is 1.64. The average molecular weight is 442 g/mol. The third-order valence-electron chi connectivity index (χ3n) is 4.64. The van der Waals surface area contributed by atoms with E-state index in [4.69, 9.17) is 4.74 Å². The van der Waals surface area contributed by atoms with Crippen molar-refractivity contribution in [3.05, 3.63) is 60.2 Å². The molecule has 0 heterocycles. The summed E-state index contributed by atoms with van der Waals surface area (Å²) in [6, 6.07) is 15.5. The van der Waals surface area contributed by atoms with E-state index in [9.17, 15) is 18.3 Å². The third kappa shape index (κ3) is 8.40. The van der Waals surface area contributed by atoms with Crippen LogP contribution < -0.4 is 44.1 Å². The first-order valence-corrected chi connectivity index (χ1v) is 11.1. The van der Waals surface area contributed by atoms with Gasteiger partial charge in [-0.1, -0.05) is 44.2 Å². The second-order valence-electron chi connectivity index (χ2n) is 7.81. The molecule has 0 fully saturated rings. The molecule has 6 nitrogen and oxygen atoms in total. The zero-order valence-electron chi connectivity index (χ0n) is 18.1. The molecule has 0 saturated heterocycles. The minimum atomic E-state index is -3.54. The molecule has 0 amide bonds. The molecule has 2 aromatic carbocycles. The molecule has 2 rings (SSSR count). The van der Waals surface area contributed by atoms with Crippen molar-refractivity contribution in [2.75, 3.05) is 6.61 Å². The smallest absolute Gasteiger partial charge is 0.550 e. The van der Waals surface area contributed by atoms with Crippen LogP contribution in [0.15, 0.2) is 59.5 Å². The van der Waals surface area contributed by atoms with Crippen molar-refractivity contribution >= 4 is 16.0 Å². The van der Waals surface area contributed by atoms with Crippen LogP contribution in [0, 0.1) is 5.41 Å². The van der Waals surface area contributed by atoms with Crippen LogP contribution >= 0.6 is 0 Å². The number of ether oxygens (including phenoxy) is 1. The van der Waals surface area contributed by atoms with Crippen molar-refractivity contribution in [1.82, 2.24) is 4.72 Å². The van der Waals surface area contributed by atoms with Crippen LogP contribution in [0.25, 0.3) is 0 Å². The molecular formula is C22H28NNaO5S. The molecule has 0 saturated carbocycles. The summed E-state index contributed by atoms with van der Waals surface area (Å²) < 4.78 is 33.1. The molecule has 0 aromatic heterocycles. The number of rotatable bonds is 11. The van der Waals surface area contributed by atoms with Crippen molar-refractivity contribution in [2.45, 2.75) is 51.0 Å². The summed E-state index contributed by atoms with van der Waals surface area (Å²) in [7, 11) is -3.54. The van der Waals surface area contributed by atoms with Crippen molar-refractivity contribution in [2.24, 2.45) is 5.41 Å². The van der Waals surface area contributed by atoms with Gasteiger partial charge in [0.15, 0.2) is 0 Å². The van der Waals surface area contributed by atoms with E-state index in [0.29, 0.717) is 31.6 Å². The number of nitrogens with one attached hydrogen (secondary N) is 1. The van der Waals surface area contributed by atoms with Crippen molar-refractivity contribution in [3.8, 4) is 5.75 Å². The molecular weight excluding hydrogens is 413 g/mol. The molecule has 0 bridgehead atoms. The Kier molecular flexibility index (Phi) is 10.5. The number of aliphatic carboxylic acids is 1. The predicted molar refractivity (Wildman–Crippen MR) is 110 cm³/mol. The van der Waals surface area contributed by atoms with E-state index in [-0.39, 0.29) is 40.5 Å². The molecule has 0 unspecified atom stereocenters. The largest absolute Gasteiger partial charge is 1.00 e. The molecule has 30 heavy (non-hydrogen) atoms. The summed E-state index contributed by atoms with van der Waals surface area (Å²) >= 11 is 0. The van der Waals surface area contributed by atoms with Crippen molar-refractivity contribution in [1.29, 1.82) is 0 Å².